The lowest BCUT2D eigenvalue weighted by atomic mass is 9.96. The number of sulfonamides is 1. The number of halogens is 2. The second-order valence-corrected chi connectivity index (χ2v) is 9.15. The molecule has 1 unspecified atom stereocenters. The van der Waals surface area contributed by atoms with Crippen molar-refractivity contribution >= 4 is 15.9 Å². The van der Waals surface area contributed by atoms with Gasteiger partial charge in [0.2, 0.25) is 15.9 Å². The average Bonchev–Trinajstić information content (AvgIpc) is 2.73. The Hall–Kier alpha value is -2.83. The maximum atomic E-state index is 13.9. The zero-order chi connectivity index (χ0) is 21.9. The number of amides is 1. The molecule has 3 rings (SSSR count). The number of piperidine rings is 1. The lowest BCUT2D eigenvalue weighted by Crippen LogP contribution is -2.43. The number of nitrogens with one attached hydrogen (secondary N) is 1. The Balaban J connectivity index is 1.60. The van der Waals surface area contributed by atoms with Crippen molar-refractivity contribution in [3.8, 4) is 6.07 Å². The highest BCUT2D eigenvalue weighted by atomic mass is 32.2. The third-order valence-electron chi connectivity index (χ3n) is 5.23. The Labute approximate surface area is 174 Å². The summed E-state index contributed by atoms with van der Waals surface area (Å²) in [6.45, 7) is 1.97. The van der Waals surface area contributed by atoms with Gasteiger partial charge in [-0.05, 0) is 50.1 Å². The fraction of sp³-hybridized carbons (Fsp3) is 0.333. The number of nitrogens with zero attached hydrogens (tertiary/aromatic N) is 2. The molecule has 1 atom stereocenters. The van der Waals surface area contributed by atoms with Crippen molar-refractivity contribution in [2.75, 3.05) is 13.1 Å². The van der Waals surface area contributed by atoms with Crippen LogP contribution in [-0.4, -0.2) is 31.7 Å². The molecule has 30 heavy (non-hydrogen) atoms. The molecule has 0 aliphatic carbocycles. The summed E-state index contributed by atoms with van der Waals surface area (Å²) in [4.78, 5) is 12.7. The Kier molecular flexibility index (Phi) is 6.48. The highest BCUT2D eigenvalue weighted by molar-refractivity contribution is 7.89. The highest BCUT2D eigenvalue weighted by Crippen LogP contribution is 2.25. The van der Waals surface area contributed by atoms with Crippen LogP contribution in [0.4, 0.5) is 8.78 Å². The molecule has 1 aliphatic heterocycles. The van der Waals surface area contributed by atoms with Gasteiger partial charge in [-0.15, -0.1) is 0 Å². The van der Waals surface area contributed by atoms with Crippen LogP contribution in [0.15, 0.2) is 47.4 Å². The minimum atomic E-state index is -3.70. The van der Waals surface area contributed by atoms with Gasteiger partial charge in [0.15, 0.2) is 0 Å². The zero-order valence-electron chi connectivity index (χ0n) is 16.3. The second-order valence-electron chi connectivity index (χ2n) is 7.21. The van der Waals surface area contributed by atoms with Gasteiger partial charge in [-0.2, -0.15) is 9.57 Å². The van der Waals surface area contributed by atoms with Crippen LogP contribution < -0.4 is 5.32 Å². The first-order chi connectivity index (χ1) is 14.2. The molecule has 0 saturated carbocycles. The van der Waals surface area contributed by atoms with Gasteiger partial charge in [0, 0.05) is 30.6 Å². The summed E-state index contributed by atoms with van der Waals surface area (Å²) >= 11 is 0. The maximum absolute atomic E-state index is 13.9. The van der Waals surface area contributed by atoms with Gasteiger partial charge in [-0.3, -0.25) is 4.79 Å². The van der Waals surface area contributed by atoms with Crippen molar-refractivity contribution in [3.05, 3.63) is 65.2 Å². The van der Waals surface area contributed by atoms with Crippen LogP contribution in [0, 0.1) is 28.9 Å². The third-order valence-corrected chi connectivity index (χ3v) is 7.15. The van der Waals surface area contributed by atoms with Gasteiger partial charge < -0.3 is 5.32 Å². The Morgan fingerprint density at radius 3 is 2.37 bits per heavy atom. The van der Waals surface area contributed by atoms with Gasteiger partial charge in [0.1, 0.15) is 11.6 Å². The summed E-state index contributed by atoms with van der Waals surface area (Å²) in [6, 6.07) is 10.2. The second kappa shape index (κ2) is 8.90. The van der Waals surface area contributed by atoms with E-state index in [0.717, 1.165) is 12.1 Å². The molecule has 0 spiro atoms. The summed E-state index contributed by atoms with van der Waals surface area (Å²) in [5.41, 5.74) is 0.557. The lowest BCUT2D eigenvalue weighted by molar-refractivity contribution is -0.126. The highest BCUT2D eigenvalue weighted by Gasteiger charge is 2.32. The molecule has 1 heterocycles. The molecule has 1 N–H and O–H groups in total. The molecule has 0 aromatic heterocycles. The van der Waals surface area contributed by atoms with Crippen LogP contribution in [-0.2, 0) is 14.8 Å². The van der Waals surface area contributed by atoms with Crippen LogP contribution in [0.25, 0.3) is 0 Å². The Morgan fingerprint density at radius 2 is 1.80 bits per heavy atom. The quantitative estimate of drug-likeness (QED) is 0.785. The number of nitriles is 1. The Bertz CT molecular complexity index is 1070. The predicted octanol–water partition coefficient (Wildman–Crippen LogP) is 3.11. The molecule has 1 saturated heterocycles. The maximum Gasteiger partial charge on any atom is 0.243 e. The monoisotopic (exact) mass is 433 g/mol. The van der Waals surface area contributed by atoms with Crippen LogP contribution in [0.3, 0.4) is 0 Å². The molecule has 1 amide bonds. The smallest absolute Gasteiger partial charge is 0.243 e. The van der Waals surface area contributed by atoms with Gasteiger partial charge in [0.25, 0.3) is 0 Å². The van der Waals surface area contributed by atoms with Crippen molar-refractivity contribution in [2.45, 2.75) is 30.7 Å². The van der Waals surface area contributed by atoms with E-state index in [1.807, 2.05) is 6.07 Å². The summed E-state index contributed by atoms with van der Waals surface area (Å²) < 4.78 is 53.8. The van der Waals surface area contributed by atoms with Crippen LogP contribution in [0.2, 0.25) is 0 Å². The summed E-state index contributed by atoms with van der Waals surface area (Å²) in [6.07, 6.45) is 0.667. The van der Waals surface area contributed by atoms with Gasteiger partial charge >= 0.3 is 0 Å². The molecule has 158 valence electrons. The van der Waals surface area contributed by atoms with Crippen LogP contribution in [0.1, 0.15) is 36.9 Å². The topological polar surface area (TPSA) is 90.3 Å². The SMILES string of the molecule is CC(NC(=O)C1CCN(S(=O)(=O)c2ccc(C#N)cc2)CC1)c1ccc(F)cc1F. The molecule has 6 nitrogen and oxygen atoms in total. The van der Waals surface area contributed by atoms with Crippen molar-refractivity contribution in [2.24, 2.45) is 5.92 Å². The van der Waals surface area contributed by atoms with E-state index < -0.39 is 33.6 Å². The fourth-order valence-electron chi connectivity index (χ4n) is 3.47. The minimum absolute atomic E-state index is 0.102. The van der Waals surface area contributed by atoms with E-state index in [9.17, 15) is 22.0 Å². The number of rotatable bonds is 5. The number of benzene rings is 2. The van der Waals surface area contributed by atoms with Crippen LogP contribution >= 0.6 is 0 Å². The summed E-state index contributed by atoms with van der Waals surface area (Å²) in [5, 5.41) is 11.6. The zero-order valence-corrected chi connectivity index (χ0v) is 17.1. The van der Waals surface area contributed by atoms with E-state index >= 15 is 0 Å². The number of carbonyl (C=O) groups is 1. The van der Waals surface area contributed by atoms with E-state index in [4.69, 9.17) is 5.26 Å². The van der Waals surface area contributed by atoms with Crippen molar-refractivity contribution in [3.63, 3.8) is 0 Å². The molecule has 2 aromatic rings. The number of hydrogen-bond donors (Lipinski definition) is 1. The lowest BCUT2D eigenvalue weighted by Gasteiger charge is -2.31. The van der Waals surface area contributed by atoms with E-state index in [1.54, 1.807) is 6.92 Å². The predicted molar refractivity (Wildman–Crippen MR) is 106 cm³/mol. The van der Waals surface area contributed by atoms with Gasteiger partial charge in [0.05, 0.1) is 22.6 Å². The number of carbonyl (C=O) groups excluding carboxylic acids is 1. The standard InChI is InChI=1S/C21H21F2N3O3S/c1-14(19-7-4-17(22)12-20(19)23)25-21(27)16-8-10-26(11-9-16)30(28,29)18-5-2-15(13-24)3-6-18/h2-7,12,14,16H,8-11H2,1H3,(H,25,27). The minimum Gasteiger partial charge on any atom is -0.349 e. The summed E-state index contributed by atoms with van der Waals surface area (Å²) in [5.74, 6) is -2.11. The molecule has 9 heteroatoms. The third kappa shape index (κ3) is 4.66. The van der Waals surface area contributed by atoms with Gasteiger partial charge in [-0.25, -0.2) is 17.2 Å². The van der Waals surface area contributed by atoms with E-state index in [1.165, 1.54) is 34.6 Å². The van der Waals surface area contributed by atoms with Gasteiger partial charge in [-0.1, -0.05) is 6.07 Å². The first kappa shape index (κ1) is 21.9. The number of hydrogen-bond acceptors (Lipinski definition) is 4. The fourth-order valence-corrected chi connectivity index (χ4v) is 4.94. The normalized spacial score (nSPS) is 16.6. The molecule has 1 aliphatic rings. The van der Waals surface area contributed by atoms with Crippen LogP contribution in [0.5, 0.6) is 0 Å². The first-order valence-electron chi connectivity index (χ1n) is 9.48. The molecular formula is C21H21F2N3O3S. The average molecular weight is 433 g/mol. The molecular weight excluding hydrogens is 412 g/mol. The van der Waals surface area contributed by atoms with Crippen molar-refractivity contribution in [1.82, 2.24) is 9.62 Å². The largest absolute Gasteiger partial charge is 0.349 e. The molecule has 0 bridgehead atoms. The first-order valence-corrected chi connectivity index (χ1v) is 10.9. The summed E-state index contributed by atoms with van der Waals surface area (Å²) in [7, 11) is -3.70. The molecule has 0 radical (unpaired) electrons. The molecule has 1 fully saturated rings. The van der Waals surface area contributed by atoms with E-state index in [2.05, 4.69) is 5.32 Å². The molecule has 2 aromatic carbocycles. The van der Waals surface area contributed by atoms with Crippen molar-refractivity contribution < 1.29 is 22.0 Å². The van der Waals surface area contributed by atoms with E-state index in [-0.39, 0.29) is 29.5 Å². The Morgan fingerprint density at radius 1 is 1.17 bits per heavy atom. The van der Waals surface area contributed by atoms with Crippen molar-refractivity contribution in [1.29, 1.82) is 5.26 Å². The van der Waals surface area contributed by atoms with E-state index in [0.29, 0.717) is 18.4 Å².